The molecule has 0 aliphatic carbocycles. The molecule has 0 fully saturated rings. The van der Waals surface area contributed by atoms with Crippen molar-refractivity contribution in [3.63, 3.8) is 0 Å². The third-order valence-electron chi connectivity index (χ3n) is 1.13. The Morgan fingerprint density at radius 1 is 1.23 bits per heavy atom. The normalized spacial score (nSPS) is 11.2. The first kappa shape index (κ1) is 9.97. The van der Waals surface area contributed by atoms with Gasteiger partial charge in [-0.2, -0.15) is 13.9 Å². The second-order valence-corrected chi connectivity index (χ2v) is 3.24. The van der Waals surface area contributed by atoms with Crippen LogP contribution in [0.2, 0.25) is 0 Å². The van der Waals surface area contributed by atoms with E-state index < -0.39 is 10.4 Å². The Hall–Kier alpha value is -1.11. The smallest absolute Gasteiger partial charge is 0.361 e. The van der Waals surface area contributed by atoms with Crippen molar-refractivity contribution in [2.24, 2.45) is 0 Å². The van der Waals surface area contributed by atoms with Crippen LogP contribution in [0.4, 0.5) is 0 Å². The van der Waals surface area contributed by atoms with Crippen LogP contribution in [0.25, 0.3) is 0 Å². The van der Waals surface area contributed by atoms with E-state index in [1.54, 1.807) is 18.2 Å². The van der Waals surface area contributed by atoms with Gasteiger partial charge in [0.05, 0.1) is 0 Å². The minimum Gasteiger partial charge on any atom is -0.361 e. The topological polar surface area (TPSA) is 64.6 Å². The van der Waals surface area contributed by atoms with E-state index in [1.165, 1.54) is 19.2 Å². The average molecular weight is 203 g/mol. The number of para-hydroxylation sites is 1. The largest absolute Gasteiger partial charge is 0.465 e. The van der Waals surface area contributed by atoms with Crippen LogP contribution in [0.1, 0.15) is 0 Å². The SMILES string of the molecule is CNOS(=O)(=O)Oc1ccccc1. The maximum Gasteiger partial charge on any atom is 0.465 e. The van der Waals surface area contributed by atoms with Crippen LogP contribution in [0, 0.1) is 0 Å². The van der Waals surface area contributed by atoms with Crippen molar-refractivity contribution >= 4 is 10.4 Å². The van der Waals surface area contributed by atoms with Gasteiger partial charge in [-0.25, -0.2) is 0 Å². The molecule has 0 saturated heterocycles. The van der Waals surface area contributed by atoms with Gasteiger partial charge in [-0.3, -0.25) is 0 Å². The minimum atomic E-state index is -4.00. The van der Waals surface area contributed by atoms with Gasteiger partial charge in [0.1, 0.15) is 5.75 Å². The molecule has 0 aliphatic rings. The van der Waals surface area contributed by atoms with E-state index in [0.29, 0.717) is 0 Å². The van der Waals surface area contributed by atoms with E-state index in [2.05, 4.69) is 8.47 Å². The number of rotatable bonds is 4. The molecule has 1 aromatic carbocycles. The van der Waals surface area contributed by atoms with E-state index in [4.69, 9.17) is 0 Å². The minimum absolute atomic E-state index is 0.206. The third-order valence-corrected chi connectivity index (χ3v) is 1.89. The van der Waals surface area contributed by atoms with Gasteiger partial charge in [-0.05, 0) is 12.1 Å². The second kappa shape index (κ2) is 4.22. The van der Waals surface area contributed by atoms with Crippen LogP contribution in [-0.4, -0.2) is 15.5 Å². The Morgan fingerprint density at radius 3 is 2.38 bits per heavy atom. The quantitative estimate of drug-likeness (QED) is 0.720. The zero-order chi connectivity index (χ0) is 9.73. The second-order valence-electron chi connectivity index (χ2n) is 2.09. The van der Waals surface area contributed by atoms with Gasteiger partial charge in [-0.15, -0.1) is 4.28 Å². The first-order chi connectivity index (χ1) is 6.14. The van der Waals surface area contributed by atoms with E-state index in [-0.39, 0.29) is 5.75 Å². The summed E-state index contributed by atoms with van der Waals surface area (Å²) in [6.07, 6.45) is 0. The zero-order valence-corrected chi connectivity index (χ0v) is 7.74. The van der Waals surface area contributed by atoms with E-state index in [9.17, 15) is 8.42 Å². The van der Waals surface area contributed by atoms with E-state index >= 15 is 0 Å². The molecule has 0 amide bonds. The molecule has 0 radical (unpaired) electrons. The summed E-state index contributed by atoms with van der Waals surface area (Å²) in [5, 5.41) is 0. The number of hydrogen-bond acceptors (Lipinski definition) is 5. The Morgan fingerprint density at radius 2 is 1.85 bits per heavy atom. The molecule has 0 bridgehead atoms. The Bertz CT molecular complexity index is 348. The van der Waals surface area contributed by atoms with Crippen LogP contribution in [-0.2, 0) is 14.7 Å². The summed E-state index contributed by atoms with van der Waals surface area (Å²) in [6, 6.07) is 8.08. The maximum absolute atomic E-state index is 10.9. The lowest BCUT2D eigenvalue weighted by Crippen LogP contribution is -2.20. The van der Waals surface area contributed by atoms with Crippen LogP contribution in [0.3, 0.4) is 0 Å². The molecule has 1 rings (SSSR count). The molecule has 0 unspecified atom stereocenters. The van der Waals surface area contributed by atoms with Gasteiger partial charge in [0.2, 0.25) is 0 Å². The molecule has 72 valence electrons. The fraction of sp³-hybridized carbons (Fsp3) is 0.143. The Labute approximate surface area is 76.6 Å². The van der Waals surface area contributed by atoms with Crippen LogP contribution in [0.15, 0.2) is 30.3 Å². The van der Waals surface area contributed by atoms with E-state index in [0.717, 1.165) is 0 Å². The van der Waals surface area contributed by atoms with Crippen molar-refractivity contribution in [2.75, 3.05) is 7.05 Å². The van der Waals surface area contributed by atoms with Gasteiger partial charge < -0.3 is 4.18 Å². The molecular formula is C7H9NO4S. The van der Waals surface area contributed by atoms with Crippen molar-refractivity contribution in [3.05, 3.63) is 30.3 Å². The lowest BCUT2D eigenvalue weighted by Gasteiger charge is -2.04. The molecule has 0 aromatic heterocycles. The van der Waals surface area contributed by atoms with Crippen molar-refractivity contribution in [1.82, 2.24) is 5.48 Å². The summed E-state index contributed by atoms with van der Waals surface area (Å²) in [5.74, 6) is 0.206. The molecule has 5 nitrogen and oxygen atoms in total. The molecule has 0 spiro atoms. The average Bonchev–Trinajstić information content (AvgIpc) is 2.04. The van der Waals surface area contributed by atoms with Crippen molar-refractivity contribution in [2.45, 2.75) is 0 Å². The molecule has 1 aromatic rings. The highest BCUT2D eigenvalue weighted by atomic mass is 32.3. The van der Waals surface area contributed by atoms with Crippen LogP contribution in [0.5, 0.6) is 5.75 Å². The number of benzene rings is 1. The van der Waals surface area contributed by atoms with Crippen LogP contribution >= 0.6 is 0 Å². The first-order valence-corrected chi connectivity index (χ1v) is 4.82. The highest BCUT2D eigenvalue weighted by Gasteiger charge is 2.11. The van der Waals surface area contributed by atoms with Crippen molar-refractivity contribution < 1.29 is 16.9 Å². The van der Waals surface area contributed by atoms with Crippen molar-refractivity contribution in [3.8, 4) is 5.75 Å². The molecule has 0 aliphatic heterocycles. The summed E-state index contributed by atoms with van der Waals surface area (Å²) in [6.45, 7) is 0. The molecule has 13 heavy (non-hydrogen) atoms. The fourth-order valence-electron chi connectivity index (χ4n) is 0.713. The number of hydrogen-bond donors (Lipinski definition) is 1. The summed E-state index contributed by atoms with van der Waals surface area (Å²) >= 11 is 0. The lowest BCUT2D eigenvalue weighted by atomic mass is 10.3. The summed E-state index contributed by atoms with van der Waals surface area (Å²) in [7, 11) is -2.67. The predicted molar refractivity (Wildman–Crippen MR) is 46.1 cm³/mol. The maximum atomic E-state index is 10.9. The third kappa shape index (κ3) is 3.41. The highest BCUT2D eigenvalue weighted by Crippen LogP contribution is 2.11. The summed E-state index contributed by atoms with van der Waals surface area (Å²) < 4.78 is 30.4. The molecule has 6 heteroatoms. The number of nitrogens with one attached hydrogen (secondary N) is 1. The molecule has 1 N–H and O–H groups in total. The van der Waals surface area contributed by atoms with Crippen LogP contribution < -0.4 is 9.66 Å². The monoisotopic (exact) mass is 203 g/mol. The Kier molecular flexibility index (Phi) is 3.24. The van der Waals surface area contributed by atoms with E-state index in [1.807, 2.05) is 5.48 Å². The highest BCUT2D eigenvalue weighted by molar-refractivity contribution is 7.82. The van der Waals surface area contributed by atoms with Gasteiger partial charge in [0.15, 0.2) is 0 Å². The lowest BCUT2D eigenvalue weighted by molar-refractivity contribution is 0.201. The Balaban J connectivity index is 2.70. The zero-order valence-electron chi connectivity index (χ0n) is 6.93. The van der Waals surface area contributed by atoms with Gasteiger partial charge >= 0.3 is 10.4 Å². The molecular weight excluding hydrogens is 194 g/mol. The fourth-order valence-corrected chi connectivity index (χ4v) is 1.30. The van der Waals surface area contributed by atoms with Crippen molar-refractivity contribution in [1.29, 1.82) is 0 Å². The number of hydroxylamine groups is 1. The first-order valence-electron chi connectivity index (χ1n) is 3.49. The summed E-state index contributed by atoms with van der Waals surface area (Å²) in [4.78, 5) is 0. The standard InChI is InChI=1S/C7H9NO4S/c1-8-12-13(9,10)11-7-5-3-2-4-6-7/h2-6,8H,1H3. The van der Waals surface area contributed by atoms with Gasteiger partial charge in [0.25, 0.3) is 0 Å². The molecule has 0 heterocycles. The predicted octanol–water partition coefficient (Wildman–Crippen LogP) is 0.461. The van der Waals surface area contributed by atoms with Gasteiger partial charge in [-0.1, -0.05) is 18.2 Å². The summed E-state index contributed by atoms with van der Waals surface area (Å²) in [5.41, 5.74) is 2.02. The molecule has 0 atom stereocenters. The van der Waals surface area contributed by atoms with Gasteiger partial charge in [0, 0.05) is 7.05 Å². The molecule has 0 saturated carbocycles.